The summed E-state index contributed by atoms with van der Waals surface area (Å²) in [5.41, 5.74) is 1.41. The largest absolute Gasteiger partial charge is 0.376 e. The second-order valence-electron chi connectivity index (χ2n) is 5.03. The molecule has 1 aliphatic rings. The summed E-state index contributed by atoms with van der Waals surface area (Å²) in [6.07, 6.45) is -0.431. The number of nitrogens with zero attached hydrogens (tertiary/aromatic N) is 1. The molecule has 0 aliphatic carbocycles. The monoisotopic (exact) mass is 345 g/mol. The number of benzene rings is 1. The molecule has 2 N–H and O–H groups in total. The first kappa shape index (κ1) is 15.7. The molecule has 2 heterocycles. The number of aromatic nitrogens is 2. The first-order valence-electron chi connectivity index (χ1n) is 6.83. The van der Waals surface area contributed by atoms with E-state index in [1.54, 1.807) is 18.2 Å². The number of H-pyrrole nitrogens is 1. The van der Waals surface area contributed by atoms with E-state index in [4.69, 9.17) is 21.1 Å². The second kappa shape index (κ2) is 6.51. The van der Waals surface area contributed by atoms with Gasteiger partial charge in [-0.15, -0.1) is 0 Å². The summed E-state index contributed by atoms with van der Waals surface area (Å²) in [6.45, 7) is 1.34. The van der Waals surface area contributed by atoms with E-state index in [0.29, 0.717) is 30.5 Å². The molecule has 0 bridgehead atoms. The van der Waals surface area contributed by atoms with Crippen molar-refractivity contribution >= 4 is 32.5 Å². The maximum absolute atomic E-state index is 12.1. The lowest BCUT2D eigenvalue weighted by Crippen LogP contribution is -2.38. The zero-order valence-corrected chi connectivity index (χ0v) is 13.3. The van der Waals surface area contributed by atoms with Gasteiger partial charge in [0.15, 0.2) is 0 Å². The molecule has 0 amide bonds. The van der Waals surface area contributed by atoms with Crippen LogP contribution >= 0.6 is 11.6 Å². The number of hydrogen-bond donors (Lipinski definition) is 2. The summed E-state index contributed by atoms with van der Waals surface area (Å²) in [7, 11) is -3.47. The van der Waals surface area contributed by atoms with E-state index in [1.807, 2.05) is 0 Å². The Hall–Kier alpha value is -1.19. The summed E-state index contributed by atoms with van der Waals surface area (Å²) >= 11 is 5.96. The third-order valence-corrected chi connectivity index (χ3v) is 4.98. The van der Waals surface area contributed by atoms with Gasteiger partial charge in [-0.2, -0.15) is 5.10 Å². The van der Waals surface area contributed by atoms with E-state index >= 15 is 0 Å². The molecule has 1 aliphatic heterocycles. The molecule has 1 atom stereocenters. The highest BCUT2D eigenvalue weighted by Crippen LogP contribution is 2.20. The van der Waals surface area contributed by atoms with Crippen LogP contribution in [0.15, 0.2) is 18.2 Å². The van der Waals surface area contributed by atoms with Gasteiger partial charge in [0, 0.05) is 10.4 Å². The van der Waals surface area contributed by atoms with Gasteiger partial charge in [-0.25, -0.2) is 13.1 Å². The predicted molar refractivity (Wildman–Crippen MR) is 82.3 cm³/mol. The summed E-state index contributed by atoms with van der Waals surface area (Å²) in [4.78, 5) is 0. The van der Waals surface area contributed by atoms with Crippen molar-refractivity contribution < 1.29 is 17.9 Å². The van der Waals surface area contributed by atoms with Crippen molar-refractivity contribution in [3.8, 4) is 0 Å². The maximum atomic E-state index is 12.1. The highest BCUT2D eigenvalue weighted by Gasteiger charge is 2.22. The highest BCUT2D eigenvalue weighted by atomic mass is 35.5. The van der Waals surface area contributed by atoms with Crippen LogP contribution in [0.3, 0.4) is 0 Å². The van der Waals surface area contributed by atoms with Crippen molar-refractivity contribution in [2.45, 2.75) is 12.6 Å². The minimum atomic E-state index is -3.47. The topological polar surface area (TPSA) is 93.3 Å². The van der Waals surface area contributed by atoms with Gasteiger partial charge in [-0.05, 0) is 18.2 Å². The summed E-state index contributed by atoms with van der Waals surface area (Å²) in [6, 6.07) is 5.26. The Morgan fingerprint density at radius 3 is 3.05 bits per heavy atom. The normalized spacial score (nSPS) is 19.6. The number of halogens is 1. The van der Waals surface area contributed by atoms with Crippen molar-refractivity contribution in [3.05, 3.63) is 28.9 Å². The molecule has 120 valence electrons. The van der Waals surface area contributed by atoms with E-state index in [0.717, 1.165) is 10.9 Å². The van der Waals surface area contributed by atoms with Crippen LogP contribution in [0.25, 0.3) is 10.9 Å². The van der Waals surface area contributed by atoms with E-state index in [1.165, 1.54) is 0 Å². The lowest BCUT2D eigenvalue weighted by Gasteiger charge is -2.22. The van der Waals surface area contributed by atoms with Gasteiger partial charge in [0.2, 0.25) is 10.0 Å². The minimum absolute atomic E-state index is 0.118. The van der Waals surface area contributed by atoms with Crippen molar-refractivity contribution in [3.63, 3.8) is 0 Å². The Kier molecular flexibility index (Phi) is 4.65. The minimum Gasteiger partial charge on any atom is -0.376 e. The molecule has 2 aromatic rings. The van der Waals surface area contributed by atoms with Gasteiger partial charge < -0.3 is 9.47 Å². The molecule has 1 saturated heterocycles. The lowest BCUT2D eigenvalue weighted by atomic mass is 10.2. The summed E-state index contributed by atoms with van der Waals surface area (Å²) in [5.74, 6) is -0.125. The number of hydrogen-bond acceptors (Lipinski definition) is 5. The fraction of sp³-hybridized carbons (Fsp3) is 0.462. The van der Waals surface area contributed by atoms with Gasteiger partial charge in [-0.1, -0.05) is 11.6 Å². The molecule has 1 aromatic carbocycles. The predicted octanol–water partition coefficient (Wildman–Crippen LogP) is 1.05. The van der Waals surface area contributed by atoms with Crippen LogP contribution in [-0.2, 0) is 26.0 Å². The quantitative estimate of drug-likeness (QED) is 0.845. The first-order valence-corrected chi connectivity index (χ1v) is 8.86. The Labute approximate surface area is 133 Å². The molecule has 9 heteroatoms. The molecule has 22 heavy (non-hydrogen) atoms. The van der Waals surface area contributed by atoms with Crippen LogP contribution in [0.5, 0.6) is 0 Å². The van der Waals surface area contributed by atoms with Crippen LogP contribution in [-0.4, -0.2) is 50.3 Å². The zero-order chi connectivity index (χ0) is 15.6. The Balaban J connectivity index is 1.66. The van der Waals surface area contributed by atoms with Crippen LogP contribution < -0.4 is 4.72 Å². The van der Waals surface area contributed by atoms with Crippen LogP contribution in [0, 0.1) is 0 Å². The molecular weight excluding hydrogens is 330 g/mol. The number of rotatable bonds is 5. The average Bonchev–Trinajstić information content (AvgIpc) is 2.88. The van der Waals surface area contributed by atoms with Crippen molar-refractivity contribution in [2.24, 2.45) is 0 Å². The molecule has 1 aromatic heterocycles. The van der Waals surface area contributed by atoms with Gasteiger partial charge >= 0.3 is 0 Å². The summed E-state index contributed by atoms with van der Waals surface area (Å²) in [5, 5.41) is 8.31. The summed E-state index contributed by atoms with van der Waals surface area (Å²) < 4.78 is 37.3. The highest BCUT2D eigenvalue weighted by molar-refractivity contribution is 7.89. The van der Waals surface area contributed by atoms with Gasteiger partial charge in [0.05, 0.1) is 49.4 Å². The van der Waals surface area contributed by atoms with Gasteiger partial charge in [-0.3, -0.25) is 5.10 Å². The number of ether oxygens (including phenoxy) is 2. The average molecular weight is 346 g/mol. The molecule has 1 unspecified atom stereocenters. The van der Waals surface area contributed by atoms with E-state index in [9.17, 15) is 8.42 Å². The third-order valence-electron chi connectivity index (χ3n) is 3.35. The van der Waals surface area contributed by atoms with Crippen LogP contribution in [0.2, 0.25) is 5.02 Å². The standard InChI is InChI=1S/C13H16ClN3O4S/c14-9-1-2-12-11(5-9)13(17-16-12)6-15-22(18,19)8-10-7-20-3-4-21-10/h1-2,5,10,15H,3-4,6-8H2,(H,16,17). The van der Waals surface area contributed by atoms with Crippen molar-refractivity contribution in [1.29, 1.82) is 0 Å². The Morgan fingerprint density at radius 2 is 2.27 bits per heavy atom. The molecule has 1 fully saturated rings. The van der Waals surface area contributed by atoms with Crippen molar-refractivity contribution in [2.75, 3.05) is 25.6 Å². The smallest absolute Gasteiger partial charge is 0.214 e. The van der Waals surface area contributed by atoms with Crippen molar-refractivity contribution in [1.82, 2.24) is 14.9 Å². The molecule has 0 radical (unpaired) electrons. The Bertz CT molecular complexity index is 756. The van der Waals surface area contributed by atoms with E-state index in [2.05, 4.69) is 14.9 Å². The van der Waals surface area contributed by atoms with Gasteiger partial charge in [0.25, 0.3) is 0 Å². The molecule has 3 rings (SSSR count). The number of nitrogens with one attached hydrogen (secondary N) is 2. The maximum Gasteiger partial charge on any atom is 0.214 e. The molecule has 0 saturated carbocycles. The molecule has 0 spiro atoms. The van der Waals surface area contributed by atoms with E-state index in [-0.39, 0.29) is 12.3 Å². The van der Waals surface area contributed by atoms with E-state index < -0.39 is 16.1 Å². The fourth-order valence-electron chi connectivity index (χ4n) is 2.29. The first-order chi connectivity index (χ1) is 10.5. The Morgan fingerprint density at radius 1 is 1.41 bits per heavy atom. The SMILES string of the molecule is O=S(=O)(CC1COCCO1)NCc1[nH]nc2ccc(Cl)cc12. The number of aromatic amines is 1. The fourth-order valence-corrected chi connectivity index (χ4v) is 3.62. The molecule has 7 nitrogen and oxygen atoms in total. The zero-order valence-electron chi connectivity index (χ0n) is 11.7. The number of sulfonamides is 1. The third kappa shape index (κ3) is 3.76. The second-order valence-corrected chi connectivity index (χ2v) is 7.32. The molecular formula is C13H16ClN3O4S. The number of fused-ring (bicyclic) bond motifs is 1. The van der Waals surface area contributed by atoms with Crippen LogP contribution in [0.1, 0.15) is 5.69 Å². The van der Waals surface area contributed by atoms with Crippen LogP contribution in [0.4, 0.5) is 0 Å². The van der Waals surface area contributed by atoms with Gasteiger partial charge in [0.1, 0.15) is 0 Å². The lowest BCUT2D eigenvalue weighted by molar-refractivity contribution is -0.0783.